The van der Waals surface area contributed by atoms with Gasteiger partial charge in [-0.1, -0.05) is 39.0 Å². The topological polar surface area (TPSA) is 9.23 Å². The van der Waals surface area contributed by atoms with Gasteiger partial charge in [-0.2, -0.15) is 0 Å². The van der Waals surface area contributed by atoms with Crippen molar-refractivity contribution in [1.82, 2.24) is 0 Å². The van der Waals surface area contributed by atoms with Crippen LogP contribution in [-0.2, 0) is 17.8 Å². The summed E-state index contributed by atoms with van der Waals surface area (Å²) in [5.74, 6) is 0.613. The maximum atomic E-state index is 5.13. The fourth-order valence-corrected chi connectivity index (χ4v) is 1.78. The summed E-state index contributed by atoms with van der Waals surface area (Å²) in [6, 6.07) is 6.66. The number of hydrogen-bond donors (Lipinski definition) is 0. The maximum absolute atomic E-state index is 5.13. The third-order valence-electron chi connectivity index (χ3n) is 2.52. The minimum Gasteiger partial charge on any atom is -0.380 e. The first-order chi connectivity index (χ1) is 6.69. The van der Waals surface area contributed by atoms with Gasteiger partial charge in [0.1, 0.15) is 0 Å². The summed E-state index contributed by atoms with van der Waals surface area (Å²) in [5.41, 5.74) is 4.19. The zero-order valence-electron chi connectivity index (χ0n) is 9.63. The van der Waals surface area contributed by atoms with Crippen LogP contribution >= 0.6 is 0 Å². The molecule has 1 rings (SSSR count). The number of ether oxygens (including phenoxy) is 1. The lowest BCUT2D eigenvalue weighted by molar-refractivity contribution is 0.185. The Hall–Kier alpha value is -0.820. The van der Waals surface area contributed by atoms with Crippen LogP contribution in [0.2, 0.25) is 0 Å². The van der Waals surface area contributed by atoms with Gasteiger partial charge < -0.3 is 4.74 Å². The monoisotopic (exact) mass is 192 g/mol. The molecule has 0 heterocycles. The highest BCUT2D eigenvalue weighted by Gasteiger charge is 2.05. The SMILES string of the molecule is CCc1cc(COC)ccc1C(C)C. The smallest absolute Gasteiger partial charge is 0.0713 e. The van der Waals surface area contributed by atoms with E-state index in [2.05, 4.69) is 39.0 Å². The average molecular weight is 192 g/mol. The lowest BCUT2D eigenvalue weighted by Gasteiger charge is -2.13. The van der Waals surface area contributed by atoms with E-state index in [1.54, 1.807) is 7.11 Å². The van der Waals surface area contributed by atoms with Gasteiger partial charge in [0.05, 0.1) is 6.61 Å². The van der Waals surface area contributed by atoms with Gasteiger partial charge in [-0.05, 0) is 29.0 Å². The maximum Gasteiger partial charge on any atom is 0.0713 e. The summed E-state index contributed by atoms with van der Waals surface area (Å²) >= 11 is 0. The van der Waals surface area contributed by atoms with Crippen molar-refractivity contribution in [3.05, 3.63) is 34.9 Å². The molecule has 0 amide bonds. The molecule has 0 aromatic heterocycles. The Morgan fingerprint density at radius 1 is 1.29 bits per heavy atom. The quantitative estimate of drug-likeness (QED) is 0.709. The Labute approximate surface area is 87.1 Å². The van der Waals surface area contributed by atoms with Crippen molar-refractivity contribution in [2.24, 2.45) is 0 Å². The zero-order valence-corrected chi connectivity index (χ0v) is 9.63. The predicted molar refractivity (Wildman–Crippen MR) is 60.6 cm³/mol. The van der Waals surface area contributed by atoms with Crippen LogP contribution in [0.3, 0.4) is 0 Å². The molecule has 0 saturated carbocycles. The van der Waals surface area contributed by atoms with Gasteiger partial charge in [0.25, 0.3) is 0 Å². The number of hydrogen-bond acceptors (Lipinski definition) is 1. The van der Waals surface area contributed by atoms with Crippen LogP contribution < -0.4 is 0 Å². The average Bonchev–Trinajstić information content (AvgIpc) is 2.17. The van der Waals surface area contributed by atoms with Crippen LogP contribution in [0.15, 0.2) is 18.2 Å². The molecular weight excluding hydrogens is 172 g/mol. The van der Waals surface area contributed by atoms with E-state index < -0.39 is 0 Å². The first kappa shape index (κ1) is 11.3. The Morgan fingerprint density at radius 2 is 2.00 bits per heavy atom. The summed E-state index contributed by atoms with van der Waals surface area (Å²) in [5, 5.41) is 0. The van der Waals surface area contributed by atoms with Gasteiger partial charge in [-0.3, -0.25) is 0 Å². The van der Waals surface area contributed by atoms with E-state index in [1.165, 1.54) is 16.7 Å². The first-order valence-electron chi connectivity index (χ1n) is 5.29. The second kappa shape index (κ2) is 5.16. The normalized spacial score (nSPS) is 10.9. The molecule has 1 nitrogen and oxygen atoms in total. The van der Waals surface area contributed by atoms with E-state index >= 15 is 0 Å². The fourth-order valence-electron chi connectivity index (χ4n) is 1.78. The Kier molecular flexibility index (Phi) is 4.15. The molecule has 0 aliphatic heterocycles. The van der Waals surface area contributed by atoms with Crippen molar-refractivity contribution >= 4 is 0 Å². The standard InChI is InChI=1S/C13H20O/c1-5-12-8-11(9-14-4)6-7-13(12)10(2)3/h6-8,10H,5,9H2,1-4H3. The molecule has 0 saturated heterocycles. The van der Waals surface area contributed by atoms with Crippen molar-refractivity contribution in [1.29, 1.82) is 0 Å². The molecule has 0 fully saturated rings. The molecule has 1 heteroatoms. The molecule has 1 aromatic carbocycles. The third kappa shape index (κ3) is 2.58. The Bertz CT molecular complexity index is 289. The van der Waals surface area contributed by atoms with Crippen LogP contribution in [0.5, 0.6) is 0 Å². The van der Waals surface area contributed by atoms with Crippen LogP contribution in [0.1, 0.15) is 43.4 Å². The van der Waals surface area contributed by atoms with Gasteiger partial charge in [0.2, 0.25) is 0 Å². The van der Waals surface area contributed by atoms with Crippen molar-refractivity contribution in [3.63, 3.8) is 0 Å². The molecule has 0 bridgehead atoms. The molecular formula is C13H20O. The molecule has 0 atom stereocenters. The van der Waals surface area contributed by atoms with E-state index in [1.807, 2.05) is 0 Å². The second-order valence-corrected chi connectivity index (χ2v) is 3.97. The molecule has 0 spiro atoms. The molecule has 1 aromatic rings. The minimum atomic E-state index is 0.613. The van der Waals surface area contributed by atoms with E-state index in [-0.39, 0.29) is 0 Å². The number of aryl methyl sites for hydroxylation is 1. The van der Waals surface area contributed by atoms with Crippen molar-refractivity contribution in [2.45, 2.75) is 39.7 Å². The molecule has 0 radical (unpaired) electrons. The van der Waals surface area contributed by atoms with Gasteiger partial charge in [0.15, 0.2) is 0 Å². The zero-order chi connectivity index (χ0) is 10.6. The van der Waals surface area contributed by atoms with Crippen LogP contribution in [0.4, 0.5) is 0 Å². The summed E-state index contributed by atoms with van der Waals surface area (Å²) < 4.78 is 5.13. The summed E-state index contributed by atoms with van der Waals surface area (Å²) in [6.07, 6.45) is 1.10. The lowest BCUT2D eigenvalue weighted by Crippen LogP contribution is -1.97. The number of rotatable bonds is 4. The Balaban J connectivity index is 2.99. The van der Waals surface area contributed by atoms with Crippen LogP contribution in [0.25, 0.3) is 0 Å². The van der Waals surface area contributed by atoms with Crippen LogP contribution in [-0.4, -0.2) is 7.11 Å². The van der Waals surface area contributed by atoms with Gasteiger partial charge in [-0.25, -0.2) is 0 Å². The summed E-state index contributed by atoms with van der Waals surface area (Å²) in [6.45, 7) is 7.40. The molecule has 78 valence electrons. The molecule has 0 aliphatic rings. The van der Waals surface area contributed by atoms with E-state index in [0.717, 1.165) is 6.42 Å². The number of benzene rings is 1. The predicted octanol–water partition coefficient (Wildman–Crippen LogP) is 3.52. The third-order valence-corrected chi connectivity index (χ3v) is 2.52. The van der Waals surface area contributed by atoms with E-state index in [0.29, 0.717) is 12.5 Å². The molecule has 0 aliphatic carbocycles. The Morgan fingerprint density at radius 3 is 2.50 bits per heavy atom. The van der Waals surface area contributed by atoms with Gasteiger partial charge in [-0.15, -0.1) is 0 Å². The van der Waals surface area contributed by atoms with Crippen molar-refractivity contribution in [3.8, 4) is 0 Å². The summed E-state index contributed by atoms with van der Waals surface area (Å²) in [7, 11) is 1.74. The summed E-state index contributed by atoms with van der Waals surface area (Å²) in [4.78, 5) is 0. The molecule has 14 heavy (non-hydrogen) atoms. The fraction of sp³-hybridized carbons (Fsp3) is 0.538. The number of methoxy groups -OCH3 is 1. The molecule has 0 N–H and O–H groups in total. The van der Waals surface area contributed by atoms with Crippen molar-refractivity contribution in [2.75, 3.05) is 7.11 Å². The first-order valence-corrected chi connectivity index (χ1v) is 5.29. The highest BCUT2D eigenvalue weighted by Crippen LogP contribution is 2.21. The minimum absolute atomic E-state index is 0.613. The highest BCUT2D eigenvalue weighted by molar-refractivity contribution is 5.33. The van der Waals surface area contributed by atoms with E-state index in [4.69, 9.17) is 4.74 Å². The largest absolute Gasteiger partial charge is 0.380 e. The lowest BCUT2D eigenvalue weighted by atomic mass is 9.94. The highest BCUT2D eigenvalue weighted by atomic mass is 16.5. The second-order valence-electron chi connectivity index (χ2n) is 3.97. The molecule has 0 unspecified atom stereocenters. The van der Waals surface area contributed by atoms with Crippen molar-refractivity contribution < 1.29 is 4.74 Å². The van der Waals surface area contributed by atoms with Crippen LogP contribution in [0, 0.1) is 0 Å². The van der Waals surface area contributed by atoms with Gasteiger partial charge >= 0.3 is 0 Å². The van der Waals surface area contributed by atoms with E-state index in [9.17, 15) is 0 Å². The van der Waals surface area contributed by atoms with Gasteiger partial charge in [0, 0.05) is 7.11 Å².